The van der Waals surface area contributed by atoms with Crippen molar-refractivity contribution in [2.45, 2.75) is 31.1 Å². The normalized spacial score (nSPS) is 32.9. The fourth-order valence-electron chi connectivity index (χ4n) is 2.13. The lowest BCUT2D eigenvalue weighted by molar-refractivity contribution is -0.0532. The first kappa shape index (κ1) is 16.1. The Morgan fingerprint density at radius 2 is 2.38 bits per heavy atom. The van der Waals surface area contributed by atoms with Crippen LogP contribution in [0.25, 0.3) is 6.08 Å². The molecule has 2 heterocycles. The zero-order valence-electron chi connectivity index (χ0n) is 11.0. The molecule has 0 saturated carbocycles. The van der Waals surface area contributed by atoms with E-state index in [1.165, 1.54) is 17.3 Å². The molecule has 0 radical (unpaired) electrons. The molecule has 1 aliphatic heterocycles. The molecule has 1 aliphatic rings. The Hall–Kier alpha value is -1.32. The number of rotatable bonds is 3. The van der Waals surface area contributed by atoms with Gasteiger partial charge in [-0.2, -0.15) is 4.98 Å². The second kappa shape index (κ2) is 5.82. The van der Waals surface area contributed by atoms with Gasteiger partial charge in [0.25, 0.3) is 0 Å². The number of aromatic nitrogens is 2. The number of halogens is 3. The lowest BCUT2D eigenvalue weighted by Crippen LogP contribution is -2.40. The van der Waals surface area contributed by atoms with Crippen LogP contribution < -0.4 is 11.4 Å². The Morgan fingerprint density at radius 3 is 2.90 bits per heavy atom. The molecule has 6 nitrogen and oxygen atoms in total. The molecular formula is C12H14BrF2N3O3. The Bertz CT molecular complexity index is 620. The highest BCUT2D eigenvalue weighted by molar-refractivity contribution is 9.11. The summed E-state index contributed by atoms with van der Waals surface area (Å²) >= 11 is 3.05. The van der Waals surface area contributed by atoms with Gasteiger partial charge in [-0.15, -0.1) is 0 Å². The highest BCUT2D eigenvalue weighted by Gasteiger charge is 2.56. The van der Waals surface area contributed by atoms with E-state index in [-0.39, 0.29) is 5.82 Å². The molecule has 1 aromatic heterocycles. The Kier molecular flexibility index (Phi) is 4.45. The van der Waals surface area contributed by atoms with Crippen LogP contribution in [-0.2, 0) is 4.74 Å². The van der Waals surface area contributed by atoms with Crippen molar-refractivity contribution in [3.63, 3.8) is 0 Å². The molecule has 0 aliphatic carbocycles. The van der Waals surface area contributed by atoms with Crippen molar-refractivity contribution in [1.29, 1.82) is 0 Å². The molecule has 3 N–H and O–H groups in total. The summed E-state index contributed by atoms with van der Waals surface area (Å²) in [4.78, 5) is 16.9. The van der Waals surface area contributed by atoms with Crippen LogP contribution in [0.15, 0.2) is 16.0 Å². The second-order valence-corrected chi connectivity index (χ2v) is 5.34. The number of nitrogens with zero attached hydrogens (tertiary/aromatic N) is 2. The number of aliphatic hydroxyl groups is 1. The fraction of sp³-hybridized carbons (Fsp3) is 0.500. The third-order valence-corrected chi connectivity index (χ3v) is 3.68. The van der Waals surface area contributed by atoms with E-state index in [1.54, 1.807) is 0 Å². The van der Waals surface area contributed by atoms with Gasteiger partial charge in [-0.05, 0) is 18.0 Å². The van der Waals surface area contributed by atoms with E-state index >= 15 is 0 Å². The number of hydrogen-bond donors (Lipinski definition) is 2. The van der Waals surface area contributed by atoms with Crippen molar-refractivity contribution in [1.82, 2.24) is 9.55 Å². The standard InChI is InChI=1S/C12H14BrF2N3O3/c1-12(15)7(5-19)21-10(8(12)14)18-4-6(2-3-13)9(16)17-11(18)20/h2-4,7-8,10,19H,5H2,1H3,(H2,16,17,20)/b3-2-. The van der Waals surface area contributed by atoms with Crippen LogP contribution in [0.1, 0.15) is 18.7 Å². The largest absolute Gasteiger partial charge is 0.394 e. The van der Waals surface area contributed by atoms with Crippen molar-refractivity contribution in [2.75, 3.05) is 12.3 Å². The lowest BCUT2D eigenvalue weighted by Gasteiger charge is -2.20. The molecule has 1 fully saturated rings. The van der Waals surface area contributed by atoms with Gasteiger partial charge in [0.05, 0.1) is 6.61 Å². The van der Waals surface area contributed by atoms with Crippen LogP contribution in [0.5, 0.6) is 0 Å². The van der Waals surface area contributed by atoms with Crippen LogP contribution in [0, 0.1) is 0 Å². The zero-order valence-corrected chi connectivity index (χ0v) is 12.6. The molecule has 0 spiro atoms. The van der Waals surface area contributed by atoms with E-state index in [9.17, 15) is 13.6 Å². The monoisotopic (exact) mass is 365 g/mol. The first-order chi connectivity index (χ1) is 9.82. The maximum atomic E-state index is 14.2. The van der Waals surface area contributed by atoms with Gasteiger partial charge >= 0.3 is 5.69 Å². The summed E-state index contributed by atoms with van der Waals surface area (Å²) in [6.45, 7) is 0.281. The maximum Gasteiger partial charge on any atom is 0.351 e. The first-order valence-corrected chi connectivity index (χ1v) is 6.99. The van der Waals surface area contributed by atoms with Crippen LogP contribution in [0.4, 0.5) is 14.6 Å². The van der Waals surface area contributed by atoms with Crippen molar-refractivity contribution in [3.8, 4) is 0 Å². The molecule has 0 amide bonds. The molecule has 1 aromatic rings. The third-order valence-electron chi connectivity index (χ3n) is 3.42. The predicted molar refractivity (Wildman–Crippen MR) is 76.3 cm³/mol. The minimum atomic E-state index is -2.41. The topological polar surface area (TPSA) is 90.4 Å². The van der Waals surface area contributed by atoms with Crippen LogP contribution >= 0.6 is 15.9 Å². The molecule has 0 aromatic carbocycles. The average molecular weight is 366 g/mol. The molecule has 4 unspecified atom stereocenters. The summed E-state index contributed by atoms with van der Waals surface area (Å²) in [7, 11) is 0. The van der Waals surface area contributed by atoms with Gasteiger partial charge in [-0.3, -0.25) is 4.57 Å². The summed E-state index contributed by atoms with van der Waals surface area (Å²) < 4.78 is 34.4. The zero-order chi connectivity index (χ0) is 15.8. The van der Waals surface area contributed by atoms with Crippen LogP contribution in [0.3, 0.4) is 0 Å². The van der Waals surface area contributed by atoms with E-state index in [4.69, 9.17) is 15.6 Å². The molecule has 1 saturated heterocycles. The highest BCUT2D eigenvalue weighted by atomic mass is 79.9. The number of hydrogen-bond acceptors (Lipinski definition) is 5. The molecule has 116 valence electrons. The van der Waals surface area contributed by atoms with Crippen molar-refractivity contribution < 1.29 is 18.6 Å². The minimum Gasteiger partial charge on any atom is -0.394 e. The molecule has 21 heavy (non-hydrogen) atoms. The number of aliphatic hydroxyl groups excluding tert-OH is 1. The minimum absolute atomic E-state index is 0.0397. The quantitative estimate of drug-likeness (QED) is 0.838. The van der Waals surface area contributed by atoms with E-state index in [2.05, 4.69) is 20.9 Å². The SMILES string of the molecule is CC1(F)C(CO)OC(n2cc(/C=C\Br)c(N)nc2=O)C1F. The molecular weight excluding hydrogens is 352 g/mol. The van der Waals surface area contributed by atoms with Crippen LogP contribution in [0.2, 0.25) is 0 Å². The summed E-state index contributed by atoms with van der Waals surface area (Å²) in [5.41, 5.74) is 2.64. The van der Waals surface area contributed by atoms with E-state index in [0.29, 0.717) is 5.56 Å². The van der Waals surface area contributed by atoms with E-state index in [1.807, 2.05) is 0 Å². The van der Waals surface area contributed by atoms with Gasteiger partial charge in [-0.1, -0.05) is 15.9 Å². The molecule has 9 heteroatoms. The van der Waals surface area contributed by atoms with Crippen molar-refractivity contribution >= 4 is 27.8 Å². The number of anilines is 1. The van der Waals surface area contributed by atoms with Crippen molar-refractivity contribution in [3.05, 3.63) is 27.2 Å². The van der Waals surface area contributed by atoms with Gasteiger partial charge in [0.1, 0.15) is 11.9 Å². The van der Waals surface area contributed by atoms with Gasteiger partial charge in [0, 0.05) is 11.8 Å². The number of ether oxygens (including phenoxy) is 1. The first-order valence-electron chi connectivity index (χ1n) is 6.07. The number of nitrogens with two attached hydrogens (primary N) is 1. The smallest absolute Gasteiger partial charge is 0.351 e. The number of nitrogen functional groups attached to an aromatic ring is 1. The summed E-state index contributed by atoms with van der Waals surface area (Å²) in [6, 6.07) is 0. The van der Waals surface area contributed by atoms with Gasteiger partial charge in [-0.25, -0.2) is 13.6 Å². The summed E-state index contributed by atoms with van der Waals surface area (Å²) in [5, 5.41) is 9.06. The molecule has 0 bridgehead atoms. The molecule has 4 atom stereocenters. The summed E-state index contributed by atoms with van der Waals surface area (Å²) in [5.74, 6) is -0.0397. The number of alkyl halides is 2. The predicted octanol–water partition coefficient (Wildman–Crippen LogP) is 1.15. The van der Waals surface area contributed by atoms with Crippen LogP contribution in [-0.4, -0.2) is 39.2 Å². The van der Waals surface area contributed by atoms with E-state index in [0.717, 1.165) is 11.5 Å². The summed E-state index contributed by atoms with van der Waals surface area (Å²) in [6.07, 6.45) is -2.27. The van der Waals surface area contributed by atoms with Gasteiger partial charge < -0.3 is 15.6 Å². The Morgan fingerprint density at radius 1 is 1.71 bits per heavy atom. The average Bonchev–Trinajstić information content (AvgIpc) is 2.64. The molecule has 2 rings (SSSR count). The lowest BCUT2D eigenvalue weighted by atomic mass is 9.98. The Labute approximate surface area is 127 Å². The van der Waals surface area contributed by atoms with Crippen molar-refractivity contribution in [2.24, 2.45) is 0 Å². The fourth-order valence-corrected chi connectivity index (χ4v) is 2.41. The highest BCUT2D eigenvalue weighted by Crippen LogP contribution is 2.41. The Balaban J connectivity index is 2.48. The van der Waals surface area contributed by atoms with Gasteiger partial charge in [0.2, 0.25) is 0 Å². The maximum absolute atomic E-state index is 14.2. The van der Waals surface area contributed by atoms with Gasteiger partial charge in [0.15, 0.2) is 18.1 Å². The van der Waals surface area contributed by atoms with E-state index < -0.39 is 36.5 Å². The third kappa shape index (κ3) is 2.72. The second-order valence-electron chi connectivity index (χ2n) is 4.81.